The molecule has 0 N–H and O–H groups in total. The highest BCUT2D eigenvalue weighted by Crippen LogP contribution is 2.24. The Morgan fingerprint density at radius 1 is 1.05 bits per heavy atom. The lowest BCUT2D eigenvalue weighted by molar-refractivity contribution is -0.291. The Balaban J connectivity index is 2.40. The maximum atomic E-state index is 12.1. The standard InChI is InChI=1S/C12H7F3N2O2/c13-12(14,15)19-11(18)9-5-2-1-4-8(9)10-16-6-3-7-17-10/h1-7H. The summed E-state index contributed by atoms with van der Waals surface area (Å²) in [5, 5.41) is 0. The fourth-order valence-electron chi connectivity index (χ4n) is 1.45. The molecule has 0 unspecified atom stereocenters. The van der Waals surface area contributed by atoms with Crippen LogP contribution < -0.4 is 0 Å². The lowest BCUT2D eigenvalue weighted by atomic mass is 10.1. The first-order valence-corrected chi connectivity index (χ1v) is 5.14. The molecule has 0 aliphatic rings. The molecular formula is C12H7F3N2O2. The molecule has 0 aliphatic heterocycles. The highest BCUT2D eigenvalue weighted by Gasteiger charge is 2.35. The van der Waals surface area contributed by atoms with E-state index < -0.39 is 12.3 Å². The number of hydrogen-bond acceptors (Lipinski definition) is 4. The lowest BCUT2D eigenvalue weighted by Crippen LogP contribution is -2.20. The maximum Gasteiger partial charge on any atom is 0.575 e. The van der Waals surface area contributed by atoms with Gasteiger partial charge in [0.1, 0.15) is 0 Å². The van der Waals surface area contributed by atoms with Crippen molar-refractivity contribution in [3.05, 3.63) is 48.3 Å². The molecule has 0 atom stereocenters. The Hall–Kier alpha value is -2.44. The van der Waals surface area contributed by atoms with Crippen LogP contribution in [0.2, 0.25) is 0 Å². The SMILES string of the molecule is O=C(OC(F)(F)F)c1ccccc1-c1ncccn1. The van der Waals surface area contributed by atoms with Crippen LogP contribution in [0.3, 0.4) is 0 Å². The molecule has 2 aromatic rings. The zero-order chi connectivity index (χ0) is 13.9. The van der Waals surface area contributed by atoms with Gasteiger partial charge in [0, 0.05) is 18.0 Å². The Morgan fingerprint density at radius 3 is 2.32 bits per heavy atom. The lowest BCUT2D eigenvalue weighted by Gasteiger charge is -2.09. The van der Waals surface area contributed by atoms with Crippen LogP contribution in [0.5, 0.6) is 0 Å². The van der Waals surface area contributed by atoms with E-state index in [-0.39, 0.29) is 17.0 Å². The second-order valence-corrected chi connectivity index (χ2v) is 3.45. The second-order valence-electron chi connectivity index (χ2n) is 3.45. The summed E-state index contributed by atoms with van der Waals surface area (Å²) >= 11 is 0. The quantitative estimate of drug-likeness (QED) is 0.786. The first kappa shape index (κ1) is 13.0. The van der Waals surface area contributed by atoms with Crippen LogP contribution >= 0.6 is 0 Å². The molecule has 0 fully saturated rings. The Bertz CT molecular complexity index is 585. The van der Waals surface area contributed by atoms with Crippen molar-refractivity contribution in [1.82, 2.24) is 9.97 Å². The van der Waals surface area contributed by atoms with Crippen LogP contribution in [0.4, 0.5) is 13.2 Å². The molecule has 0 amide bonds. The normalized spacial score (nSPS) is 11.1. The van der Waals surface area contributed by atoms with Gasteiger partial charge < -0.3 is 4.74 Å². The minimum absolute atomic E-state index is 0.150. The summed E-state index contributed by atoms with van der Waals surface area (Å²) in [7, 11) is 0. The summed E-state index contributed by atoms with van der Waals surface area (Å²) in [5.74, 6) is -1.34. The molecule has 0 saturated carbocycles. The summed E-state index contributed by atoms with van der Waals surface area (Å²) in [4.78, 5) is 19.2. The molecule has 0 radical (unpaired) electrons. The van der Waals surface area contributed by atoms with E-state index in [1.54, 1.807) is 12.1 Å². The van der Waals surface area contributed by atoms with Crippen molar-refractivity contribution in [3.63, 3.8) is 0 Å². The van der Waals surface area contributed by atoms with Crippen molar-refractivity contribution in [2.75, 3.05) is 0 Å². The molecule has 1 heterocycles. The van der Waals surface area contributed by atoms with Crippen LogP contribution in [-0.2, 0) is 4.74 Å². The third-order valence-electron chi connectivity index (χ3n) is 2.16. The van der Waals surface area contributed by atoms with Gasteiger partial charge in [-0.2, -0.15) is 0 Å². The van der Waals surface area contributed by atoms with Gasteiger partial charge in [0.15, 0.2) is 5.82 Å². The number of carbonyl (C=O) groups is 1. The van der Waals surface area contributed by atoms with Crippen molar-refractivity contribution in [2.24, 2.45) is 0 Å². The summed E-state index contributed by atoms with van der Waals surface area (Å²) < 4.78 is 39.5. The van der Waals surface area contributed by atoms with Crippen molar-refractivity contribution >= 4 is 5.97 Å². The van der Waals surface area contributed by atoms with Crippen LogP contribution in [0.25, 0.3) is 11.4 Å². The highest BCUT2D eigenvalue weighted by molar-refractivity contribution is 5.96. The number of esters is 1. The Morgan fingerprint density at radius 2 is 1.68 bits per heavy atom. The number of alkyl halides is 3. The molecule has 98 valence electrons. The van der Waals surface area contributed by atoms with E-state index in [0.717, 1.165) is 0 Å². The molecule has 2 rings (SSSR count). The Labute approximate surface area is 105 Å². The minimum atomic E-state index is -5.03. The maximum absolute atomic E-state index is 12.1. The van der Waals surface area contributed by atoms with Crippen LogP contribution in [0.1, 0.15) is 10.4 Å². The molecule has 0 saturated heterocycles. The fourth-order valence-corrected chi connectivity index (χ4v) is 1.45. The average Bonchev–Trinajstić information content (AvgIpc) is 2.38. The van der Waals surface area contributed by atoms with Crippen LogP contribution in [-0.4, -0.2) is 22.3 Å². The zero-order valence-electron chi connectivity index (χ0n) is 9.39. The number of ether oxygens (including phenoxy) is 1. The van der Waals surface area contributed by atoms with Crippen molar-refractivity contribution in [3.8, 4) is 11.4 Å². The van der Waals surface area contributed by atoms with E-state index >= 15 is 0 Å². The molecule has 1 aromatic heterocycles. The number of hydrogen-bond donors (Lipinski definition) is 0. The topological polar surface area (TPSA) is 52.1 Å². The summed E-state index contributed by atoms with van der Waals surface area (Å²) in [6, 6.07) is 7.22. The summed E-state index contributed by atoms with van der Waals surface area (Å²) in [5.41, 5.74) is -0.0663. The monoisotopic (exact) mass is 268 g/mol. The van der Waals surface area contributed by atoms with Crippen LogP contribution in [0, 0.1) is 0 Å². The van der Waals surface area contributed by atoms with E-state index in [2.05, 4.69) is 14.7 Å². The van der Waals surface area contributed by atoms with Gasteiger partial charge in [-0.25, -0.2) is 14.8 Å². The van der Waals surface area contributed by atoms with Gasteiger partial charge in [-0.1, -0.05) is 18.2 Å². The smallest absolute Gasteiger partial charge is 0.369 e. The van der Waals surface area contributed by atoms with Crippen molar-refractivity contribution in [2.45, 2.75) is 6.36 Å². The number of benzene rings is 1. The number of aromatic nitrogens is 2. The Kier molecular flexibility index (Phi) is 3.46. The third kappa shape index (κ3) is 3.27. The summed E-state index contributed by atoms with van der Waals surface area (Å²) in [6.45, 7) is 0. The molecular weight excluding hydrogens is 261 g/mol. The van der Waals surface area contributed by atoms with E-state index in [9.17, 15) is 18.0 Å². The van der Waals surface area contributed by atoms with Gasteiger partial charge in [-0.05, 0) is 12.1 Å². The predicted octanol–water partition coefficient (Wildman–Crippen LogP) is 2.82. The van der Waals surface area contributed by atoms with E-state index in [1.807, 2.05) is 0 Å². The molecule has 19 heavy (non-hydrogen) atoms. The number of rotatable bonds is 2. The molecule has 1 aromatic carbocycles. The molecule has 0 bridgehead atoms. The molecule has 0 aliphatic carbocycles. The number of nitrogens with zero attached hydrogens (tertiary/aromatic N) is 2. The third-order valence-corrected chi connectivity index (χ3v) is 2.16. The van der Waals surface area contributed by atoms with Gasteiger partial charge in [0.25, 0.3) is 0 Å². The van der Waals surface area contributed by atoms with Crippen LogP contribution in [0.15, 0.2) is 42.7 Å². The minimum Gasteiger partial charge on any atom is -0.369 e. The van der Waals surface area contributed by atoms with Gasteiger partial charge >= 0.3 is 12.3 Å². The second kappa shape index (κ2) is 5.05. The van der Waals surface area contributed by atoms with Gasteiger partial charge in [0.05, 0.1) is 5.56 Å². The van der Waals surface area contributed by atoms with E-state index in [4.69, 9.17) is 0 Å². The molecule has 4 nitrogen and oxygen atoms in total. The first-order chi connectivity index (χ1) is 8.97. The van der Waals surface area contributed by atoms with Gasteiger partial charge in [-0.3, -0.25) is 0 Å². The predicted molar refractivity (Wildman–Crippen MR) is 58.9 cm³/mol. The number of halogens is 3. The zero-order valence-corrected chi connectivity index (χ0v) is 9.39. The first-order valence-electron chi connectivity index (χ1n) is 5.14. The highest BCUT2D eigenvalue weighted by atomic mass is 19.4. The van der Waals surface area contributed by atoms with Crippen molar-refractivity contribution < 1.29 is 22.7 Å². The van der Waals surface area contributed by atoms with Gasteiger partial charge in [-0.15, -0.1) is 13.2 Å². The average molecular weight is 268 g/mol. The number of carbonyl (C=O) groups excluding carboxylic acids is 1. The van der Waals surface area contributed by atoms with E-state index in [0.29, 0.717) is 0 Å². The molecule has 0 spiro atoms. The summed E-state index contributed by atoms with van der Waals surface area (Å²) in [6.07, 6.45) is -2.18. The molecule has 7 heteroatoms. The fraction of sp³-hybridized carbons (Fsp3) is 0.0833. The largest absolute Gasteiger partial charge is 0.575 e. The van der Waals surface area contributed by atoms with E-state index in [1.165, 1.54) is 30.6 Å². The van der Waals surface area contributed by atoms with Crippen molar-refractivity contribution in [1.29, 1.82) is 0 Å². The van der Waals surface area contributed by atoms with Gasteiger partial charge in [0.2, 0.25) is 0 Å².